The minimum Gasteiger partial charge on any atom is -0.444 e. The summed E-state index contributed by atoms with van der Waals surface area (Å²) in [4.78, 5) is 11.5. The highest BCUT2D eigenvalue weighted by Crippen LogP contribution is 2.37. The lowest BCUT2D eigenvalue weighted by Gasteiger charge is -2.23. The van der Waals surface area contributed by atoms with Gasteiger partial charge in [-0.1, -0.05) is 11.6 Å². The van der Waals surface area contributed by atoms with E-state index in [0.29, 0.717) is 0 Å². The molecule has 9 heteroatoms. The van der Waals surface area contributed by atoms with Gasteiger partial charge in [0.05, 0.1) is 11.7 Å². The van der Waals surface area contributed by atoms with E-state index in [4.69, 9.17) is 16.3 Å². The van der Waals surface area contributed by atoms with Crippen LogP contribution in [-0.4, -0.2) is 34.6 Å². The van der Waals surface area contributed by atoms with E-state index in [-0.39, 0.29) is 18.0 Å². The smallest absolute Gasteiger partial charge is 0.416 e. The van der Waals surface area contributed by atoms with Crippen molar-refractivity contribution < 1.29 is 32.9 Å². The summed E-state index contributed by atoms with van der Waals surface area (Å²) < 4.78 is 44.0. The van der Waals surface area contributed by atoms with Crippen molar-refractivity contribution in [1.82, 2.24) is 5.32 Å². The van der Waals surface area contributed by atoms with E-state index in [9.17, 15) is 28.2 Å². The monoisotopic (exact) mass is 383 g/mol. The number of carbonyl (C=O) groups excluding carboxylic acids is 1. The van der Waals surface area contributed by atoms with Gasteiger partial charge in [0.15, 0.2) is 0 Å². The second-order valence-electron chi connectivity index (χ2n) is 6.46. The Morgan fingerprint density at radius 1 is 1.28 bits per heavy atom. The van der Waals surface area contributed by atoms with Crippen molar-refractivity contribution in [2.24, 2.45) is 0 Å². The van der Waals surface area contributed by atoms with Crippen LogP contribution in [0.15, 0.2) is 18.2 Å². The molecule has 0 saturated heterocycles. The van der Waals surface area contributed by atoms with Crippen molar-refractivity contribution >= 4 is 17.7 Å². The second-order valence-corrected chi connectivity index (χ2v) is 6.90. The minimum atomic E-state index is -4.70. The highest BCUT2D eigenvalue weighted by atomic mass is 35.5. The van der Waals surface area contributed by atoms with Gasteiger partial charge in [0.25, 0.3) is 0 Å². The molecule has 0 fully saturated rings. The highest BCUT2D eigenvalue weighted by Gasteiger charge is 2.36. The number of nitrogens with one attached hydrogen (secondary N) is 1. The molecule has 0 bridgehead atoms. The average Bonchev–Trinajstić information content (AvgIpc) is 2.42. The Bertz CT molecular complexity index is 602. The van der Waals surface area contributed by atoms with Gasteiger partial charge >= 0.3 is 12.3 Å². The fraction of sp³-hybridized carbons (Fsp3) is 0.562. The van der Waals surface area contributed by atoms with Crippen LogP contribution < -0.4 is 5.32 Å². The summed E-state index contributed by atoms with van der Waals surface area (Å²) in [5.41, 5.74) is -2.31. The van der Waals surface area contributed by atoms with Gasteiger partial charge in [-0.3, -0.25) is 0 Å². The number of ether oxygens (including phenoxy) is 1. The van der Waals surface area contributed by atoms with E-state index >= 15 is 0 Å². The summed E-state index contributed by atoms with van der Waals surface area (Å²) in [6.07, 6.45) is -8.95. The number of alkyl halides is 3. The standard InChI is InChI=1S/C16H21ClF3NO4/c1-15(2,3)25-14(24)21-7-6-12(22)13(23)10-8-9(17)4-5-11(10)16(18,19)20/h4-5,8,12-13,22-23H,6-7H2,1-3H3,(H,21,24). The van der Waals surface area contributed by atoms with E-state index < -0.39 is 41.2 Å². The van der Waals surface area contributed by atoms with Crippen LogP contribution >= 0.6 is 11.6 Å². The third kappa shape index (κ3) is 7.09. The number of carbonyl (C=O) groups is 1. The number of aliphatic hydroxyl groups is 2. The van der Waals surface area contributed by atoms with E-state index in [2.05, 4.69) is 5.32 Å². The molecule has 142 valence electrons. The summed E-state index contributed by atoms with van der Waals surface area (Å²) in [5, 5.41) is 22.4. The molecule has 1 rings (SSSR count). The number of alkyl carbamates (subject to hydrolysis) is 1. The lowest BCUT2D eigenvalue weighted by atomic mass is 9.96. The third-order valence-electron chi connectivity index (χ3n) is 3.11. The average molecular weight is 384 g/mol. The molecule has 2 atom stereocenters. The lowest BCUT2D eigenvalue weighted by molar-refractivity contribution is -0.140. The van der Waals surface area contributed by atoms with Crippen LogP contribution in [-0.2, 0) is 10.9 Å². The van der Waals surface area contributed by atoms with Gasteiger partial charge < -0.3 is 20.3 Å². The molecule has 0 saturated carbocycles. The van der Waals surface area contributed by atoms with Gasteiger partial charge in [0.1, 0.15) is 11.7 Å². The second kappa shape index (κ2) is 8.25. The molecule has 3 N–H and O–H groups in total. The van der Waals surface area contributed by atoms with Gasteiger partial charge in [-0.05, 0) is 51.0 Å². The van der Waals surface area contributed by atoms with E-state index in [1.54, 1.807) is 20.8 Å². The van der Waals surface area contributed by atoms with Crippen molar-refractivity contribution in [2.45, 2.75) is 51.2 Å². The molecular formula is C16H21ClF3NO4. The Hall–Kier alpha value is -1.51. The molecule has 0 aliphatic rings. The molecule has 0 aromatic heterocycles. The quantitative estimate of drug-likeness (QED) is 0.725. The Morgan fingerprint density at radius 2 is 1.88 bits per heavy atom. The minimum absolute atomic E-state index is 0.00105. The van der Waals surface area contributed by atoms with Crippen LogP contribution in [0, 0.1) is 0 Å². The largest absolute Gasteiger partial charge is 0.444 e. The molecule has 2 unspecified atom stereocenters. The van der Waals surface area contributed by atoms with Gasteiger partial charge in [0.2, 0.25) is 0 Å². The van der Waals surface area contributed by atoms with Crippen molar-refractivity contribution in [2.75, 3.05) is 6.54 Å². The molecule has 0 aliphatic carbocycles. The Balaban J connectivity index is 2.73. The van der Waals surface area contributed by atoms with Crippen molar-refractivity contribution in [1.29, 1.82) is 0 Å². The fourth-order valence-corrected chi connectivity index (χ4v) is 2.22. The van der Waals surface area contributed by atoms with Crippen LogP contribution in [0.3, 0.4) is 0 Å². The lowest BCUT2D eigenvalue weighted by Crippen LogP contribution is -2.34. The molecule has 0 radical (unpaired) electrons. The van der Waals surface area contributed by atoms with Gasteiger partial charge in [0, 0.05) is 11.6 Å². The van der Waals surface area contributed by atoms with E-state index in [1.807, 2.05) is 0 Å². The molecular weight excluding hydrogens is 363 g/mol. The number of hydrogen-bond donors (Lipinski definition) is 3. The number of hydrogen-bond acceptors (Lipinski definition) is 4. The first-order valence-corrected chi connectivity index (χ1v) is 7.88. The molecule has 0 spiro atoms. The number of rotatable bonds is 5. The number of amides is 1. The summed E-state index contributed by atoms with van der Waals surface area (Å²) in [6.45, 7) is 4.92. The number of aliphatic hydroxyl groups excluding tert-OH is 2. The summed E-state index contributed by atoms with van der Waals surface area (Å²) in [7, 11) is 0. The zero-order valence-corrected chi connectivity index (χ0v) is 14.8. The Morgan fingerprint density at radius 3 is 2.40 bits per heavy atom. The first-order chi connectivity index (χ1) is 11.3. The molecule has 1 aromatic carbocycles. The Kier molecular flexibility index (Phi) is 7.10. The zero-order valence-electron chi connectivity index (χ0n) is 14.0. The van der Waals surface area contributed by atoms with Crippen LogP contribution in [0.5, 0.6) is 0 Å². The van der Waals surface area contributed by atoms with Crippen LogP contribution in [0.1, 0.15) is 44.4 Å². The van der Waals surface area contributed by atoms with Gasteiger partial charge in [-0.15, -0.1) is 0 Å². The molecule has 0 heterocycles. The zero-order chi connectivity index (χ0) is 19.4. The molecule has 5 nitrogen and oxygen atoms in total. The van der Waals surface area contributed by atoms with Crippen LogP contribution in [0.2, 0.25) is 5.02 Å². The maximum Gasteiger partial charge on any atom is 0.416 e. The SMILES string of the molecule is CC(C)(C)OC(=O)NCCC(O)C(O)c1cc(Cl)ccc1C(F)(F)F. The third-order valence-corrected chi connectivity index (χ3v) is 3.35. The summed E-state index contributed by atoms with van der Waals surface area (Å²) in [6, 6.07) is 2.75. The van der Waals surface area contributed by atoms with E-state index in [1.165, 1.54) is 0 Å². The topological polar surface area (TPSA) is 78.8 Å². The van der Waals surface area contributed by atoms with Crippen molar-refractivity contribution in [3.8, 4) is 0 Å². The first-order valence-electron chi connectivity index (χ1n) is 7.51. The normalized spacial score (nSPS) is 14.8. The predicted octanol–water partition coefficient (Wildman–Crippen LogP) is 3.67. The molecule has 1 amide bonds. The summed E-state index contributed by atoms with van der Waals surface area (Å²) in [5.74, 6) is 0. The Labute approximate surface area is 148 Å². The molecule has 0 aliphatic heterocycles. The van der Waals surface area contributed by atoms with Gasteiger partial charge in [-0.25, -0.2) is 4.79 Å². The number of halogens is 4. The highest BCUT2D eigenvalue weighted by molar-refractivity contribution is 6.30. The van der Waals surface area contributed by atoms with Crippen LogP contribution in [0.4, 0.5) is 18.0 Å². The number of benzene rings is 1. The van der Waals surface area contributed by atoms with Crippen molar-refractivity contribution in [3.05, 3.63) is 34.3 Å². The molecule has 1 aromatic rings. The fourth-order valence-electron chi connectivity index (χ4n) is 2.04. The first kappa shape index (κ1) is 21.5. The maximum absolute atomic E-state index is 13.0. The maximum atomic E-state index is 13.0. The summed E-state index contributed by atoms with van der Waals surface area (Å²) >= 11 is 5.69. The predicted molar refractivity (Wildman–Crippen MR) is 86.3 cm³/mol. The molecule has 25 heavy (non-hydrogen) atoms. The van der Waals surface area contributed by atoms with E-state index in [0.717, 1.165) is 18.2 Å². The van der Waals surface area contributed by atoms with Crippen LogP contribution in [0.25, 0.3) is 0 Å². The van der Waals surface area contributed by atoms with Gasteiger partial charge in [-0.2, -0.15) is 13.2 Å². The van der Waals surface area contributed by atoms with Crippen molar-refractivity contribution in [3.63, 3.8) is 0 Å².